The summed E-state index contributed by atoms with van der Waals surface area (Å²) in [6.07, 6.45) is 8.45. The molecule has 0 bridgehead atoms. The Morgan fingerprint density at radius 1 is 1.21 bits per heavy atom. The fourth-order valence-corrected chi connectivity index (χ4v) is 6.57. The van der Waals surface area contributed by atoms with Gasteiger partial charge in [-0.15, -0.1) is 11.3 Å². The Hall–Kier alpha value is -4.09. The summed E-state index contributed by atoms with van der Waals surface area (Å²) in [5.41, 5.74) is 5.66. The van der Waals surface area contributed by atoms with Crippen LogP contribution in [-0.2, 0) is 17.6 Å². The number of nitrogens with zero attached hydrogens (tertiary/aromatic N) is 4. The second kappa shape index (κ2) is 11.7. The second-order valence-corrected chi connectivity index (χ2v) is 11.1. The third-order valence-corrected chi connectivity index (χ3v) is 8.47. The van der Waals surface area contributed by atoms with Crippen LogP contribution < -0.4 is 11.0 Å². The molecule has 9 nitrogen and oxygen atoms in total. The van der Waals surface area contributed by atoms with Crippen molar-refractivity contribution in [3.8, 4) is 5.69 Å². The van der Waals surface area contributed by atoms with E-state index in [9.17, 15) is 19.7 Å². The zero-order chi connectivity index (χ0) is 27.4. The molecule has 4 aromatic rings. The Bertz CT molecular complexity index is 1670. The lowest BCUT2D eigenvalue weighted by molar-refractivity contribution is -0.385. The molecule has 0 atom stereocenters. The van der Waals surface area contributed by atoms with Gasteiger partial charge < -0.3 is 0 Å². The summed E-state index contributed by atoms with van der Waals surface area (Å²) in [5.74, 6) is -0.370. The van der Waals surface area contributed by atoms with E-state index in [0.29, 0.717) is 21.8 Å². The molecule has 11 heteroatoms. The predicted octanol–water partition coefficient (Wildman–Crippen LogP) is 5.45. The first-order valence-corrected chi connectivity index (χ1v) is 14.2. The van der Waals surface area contributed by atoms with Crippen molar-refractivity contribution >= 4 is 57.2 Å². The monoisotopic (exact) mass is 559 g/mol. The number of aryl methyl sites for hydroxylation is 3. The van der Waals surface area contributed by atoms with E-state index in [1.165, 1.54) is 35.0 Å². The van der Waals surface area contributed by atoms with Crippen molar-refractivity contribution in [2.45, 2.75) is 37.8 Å². The van der Waals surface area contributed by atoms with Crippen LogP contribution in [0.4, 0.5) is 5.69 Å². The standard InChI is InChI=1S/C28H25N5O4S2/c1-18-12-14-20(15-13-18)32-27(35)25-21-9-3-5-11-23(21)39-26(25)30-28(32)38-17-24(34)31-29-16-6-8-19-7-2-4-10-22(19)33(36)37/h2,4,6-8,10,12-16H,3,5,9,11,17H2,1H3,(H,31,34)/b8-6-,29-16+. The minimum atomic E-state index is -0.456. The molecule has 1 N–H and O–H groups in total. The number of thioether (sulfide) groups is 1. The van der Waals surface area contributed by atoms with Crippen LogP contribution >= 0.6 is 23.1 Å². The highest BCUT2D eigenvalue weighted by atomic mass is 32.2. The number of hydrazone groups is 1. The van der Waals surface area contributed by atoms with E-state index in [0.717, 1.165) is 41.6 Å². The number of allylic oxidation sites excluding steroid dienone is 1. The highest BCUT2D eigenvalue weighted by Gasteiger charge is 2.23. The topological polar surface area (TPSA) is 119 Å². The maximum Gasteiger partial charge on any atom is 0.276 e. The minimum Gasteiger partial charge on any atom is -0.272 e. The van der Waals surface area contributed by atoms with Gasteiger partial charge in [0.15, 0.2) is 5.16 Å². The molecule has 0 fully saturated rings. The van der Waals surface area contributed by atoms with E-state index in [1.54, 1.807) is 40.2 Å². The van der Waals surface area contributed by atoms with E-state index < -0.39 is 4.92 Å². The summed E-state index contributed by atoms with van der Waals surface area (Å²) in [6, 6.07) is 14.0. The fraction of sp³-hybridized carbons (Fsp3) is 0.214. The number of amides is 1. The number of carbonyl (C=O) groups excluding carboxylic acids is 1. The van der Waals surface area contributed by atoms with Crippen molar-refractivity contribution in [2.75, 3.05) is 5.75 Å². The SMILES string of the molecule is Cc1ccc(-n2c(SCC(=O)N/N=C/C=C\c3ccccc3[N+](=O)[O-])nc3sc4c(c3c2=O)CCCC4)cc1. The van der Waals surface area contributed by atoms with Gasteiger partial charge >= 0.3 is 0 Å². The van der Waals surface area contributed by atoms with Crippen molar-refractivity contribution < 1.29 is 9.72 Å². The van der Waals surface area contributed by atoms with Crippen molar-refractivity contribution in [1.29, 1.82) is 0 Å². The van der Waals surface area contributed by atoms with E-state index >= 15 is 0 Å². The molecule has 5 rings (SSSR count). The number of fused-ring (bicyclic) bond motifs is 3. The van der Waals surface area contributed by atoms with Gasteiger partial charge in [0, 0.05) is 17.2 Å². The summed E-state index contributed by atoms with van der Waals surface area (Å²) in [6.45, 7) is 1.99. The van der Waals surface area contributed by atoms with Gasteiger partial charge in [0.05, 0.1) is 27.3 Å². The van der Waals surface area contributed by atoms with Crippen molar-refractivity contribution in [3.63, 3.8) is 0 Å². The van der Waals surface area contributed by atoms with E-state index in [-0.39, 0.29) is 22.9 Å². The van der Waals surface area contributed by atoms with Gasteiger partial charge in [0.25, 0.3) is 17.2 Å². The number of hydrogen-bond donors (Lipinski definition) is 1. The zero-order valence-electron chi connectivity index (χ0n) is 21.1. The number of thiophene rings is 1. The Labute approximate surface area is 232 Å². The highest BCUT2D eigenvalue weighted by molar-refractivity contribution is 7.99. The summed E-state index contributed by atoms with van der Waals surface area (Å²) in [5, 5.41) is 16.2. The van der Waals surface area contributed by atoms with E-state index in [4.69, 9.17) is 4.98 Å². The van der Waals surface area contributed by atoms with Gasteiger partial charge in [-0.1, -0.05) is 41.6 Å². The van der Waals surface area contributed by atoms with Crippen molar-refractivity contribution in [1.82, 2.24) is 15.0 Å². The van der Waals surface area contributed by atoms with Gasteiger partial charge in [0.1, 0.15) is 4.83 Å². The molecule has 1 aliphatic carbocycles. The number of para-hydroxylation sites is 1. The second-order valence-electron chi connectivity index (χ2n) is 9.04. The molecule has 2 heterocycles. The van der Waals surface area contributed by atoms with Crippen LogP contribution in [0.1, 0.15) is 34.4 Å². The molecule has 1 amide bonds. The highest BCUT2D eigenvalue weighted by Crippen LogP contribution is 2.35. The Morgan fingerprint density at radius 2 is 1.97 bits per heavy atom. The molecule has 1 aliphatic rings. The lowest BCUT2D eigenvalue weighted by atomic mass is 9.97. The predicted molar refractivity (Wildman–Crippen MR) is 156 cm³/mol. The number of benzene rings is 2. The lowest BCUT2D eigenvalue weighted by Gasteiger charge is -2.13. The summed E-state index contributed by atoms with van der Waals surface area (Å²) in [7, 11) is 0. The van der Waals surface area contributed by atoms with Crippen molar-refractivity contribution in [2.24, 2.45) is 5.10 Å². The quantitative estimate of drug-likeness (QED) is 0.101. The molecule has 2 aromatic carbocycles. The summed E-state index contributed by atoms with van der Waals surface area (Å²) < 4.78 is 1.60. The molecule has 198 valence electrons. The molecule has 0 unspecified atom stereocenters. The molecule has 0 saturated carbocycles. The first kappa shape index (κ1) is 26.5. The number of carbonyl (C=O) groups is 1. The largest absolute Gasteiger partial charge is 0.276 e. The van der Waals surface area contributed by atoms with Gasteiger partial charge in [-0.05, 0) is 68.5 Å². The van der Waals surface area contributed by atoms with Crippen molar-refractivity contribution in [3.05, 3.63) is 96.6 Å². The molecule has 0 aliphatic heterocycles. The van der Waals surface area contributed by atoms with Crippen LogP contribution in [0.15, 0.2) is 69.7 Å². The third kappa shape index (κ3) is 5.84. The first-order valence-electron chi connectivity index (χ1n) is 12.4. The normalized spacial score (nSPS) is 13.3. The van der Waals surface area contributed by atoms with Crippen LogP contribution in [0.25, 0.3) is 22.0 Å². The van der Waals surface area contributed by atoms with Crippen LogP contribution in [0.5, 0.6) is 0 Å². The fourth-order valence-electron chi connectivity index (χ4n) is 4.46. The van der Waals surface area contributed by atoms with Crippen LogP contribution in [0.2, 0.25) is 0 Å². The maximum atomic E-state index is 13.8. The van der Waals surface area contributed by atoms with E-state index in [2.05, 4.69) is 10.5 Å². The Kier molecular flexibility index (Phi) is 7.99. The average molecular weight is 560 g/mol. The number of aromatic nitrogens is 2. The summed E-state index contributed by atoms with van der Waals surface area (Å²) >= 11 is 2.75. The van der Waals surface area contributed by atoms with Crippen LogP contribution in [-0.4, -0.2) is 32.3 Å². The third-order valence-electron chi connectivity index (χ3n) is 6.34. The smallest absolute Gasteiger partial charge is 0.272 e. The van der Waals surface area contributed by atoms with Gasteiger partial charge in [0.2, 0.25) is 0 Å². The van der Waals surface area contributed by atoms with E-state index in [1.807, 2.05) is 31.2 Å². The zero-order valence-corrected chi connectivity index (χ0v) is 22.8. The molecule has 39 heavy (non-hydrogen) atoms. The molecule has 2 aromatic heterocycles. The van der Waals surface area contributed by atoms with Gasteiger partial charge in [-0.3, -0.25) is 24.3 Å². The number of nitro groups is 1. The molecule has 0 saturated heterocycles. The van der Waals surface area contributed by atoms with Gasteiger partial charge in [-0.2, -0.15) is 5.10 Å². The van der Waals surface area contributed by atoms with Crippen LogP contribution in [0.3, 0.4) is 0 Å². The minimum absolute atomic E-state index is 0.000108. The average Bonchev–Trinajstić information content (AvgIpc) is 3.31. The lowest BCUT2D eigenvalue weighted by Crippen LogP contribution is -2.24. The molecule has 0 spiro atoms. The number of nitro benzene ring substituents is 1. The summed E-state index contributed by atoms with van der Waals surface area (Å²) in [4.78, 5) is 43.8. The maximum absolute atomic E-state index is 13.8. The molecular weight excluding hydrogens is 534 g/mol. The molecular formula is C28H25N5O4S2. The number of hydrogen-bond acceptors (Lipinski definition) is 8. The Morgan fingerprint density at radius 3 is 2.77 bits per heavy atom. The molecule has 0 radical (unpaired) electrons. The van der Waals surface area contributed by atoms with Gasteiger partial charge in [-0.25, -0.2) is 10.4 Å². The first-order chi connectivity index (χ1) is 18.9. The number of nitrogens with one attached hydrogen (secondary N) is 1. The van der Waals surface area contributed by atoms with Crippen LogP contribution in [0, 0.1) is 17.0 Å². The number of rotatable bonds is 8. The Balaban J connectivity index is 1.34.